The quantitative estimate of drug-likeness (QED) is 0.853. The maximum atomic E-state index is 12.0. The molecule has 3 nitrogen and oxygen atoms in total. The number of benzene rings is 1. The van der Waals surface area contributed by atoms with E-state index < -0.39 is 5.41 Å². The minimum Gasteiger partial charge on any atom is -0.395 e. The summed E-state index contributed by atoms with van der Waals surface area (Å²) in [6.07, 6.45) is 1.61. The fourth-order valence-corrected chi connectivity index (χ4v) is 2.20. The molecule has 1 aliphatic rings. The van der Waals surface area contributed by atoms with Crippen LogP contribution in [-0.2, 0) is 10.2 Å². The third-order valence-corrected chi connectivity index (χ3v) is 4.16. The molecular weight excluding hydrogens is 238 g/mol. The zero-order valence-corrected chi connectivity index (χ0v) is 12.0. The van der Waals surface area contributed by atoms with Crippen molar-refractivity contribution in [1.29, 1.82) is 0 Å². The van der Waals surface area contributed by atoms with E-state index in [9.17, 15) is 9.90 Å². The summed E-state index contributed by atoms with van der Waals surface area (Å²) in [4.78, 5) is 12.0. The molecule has 0 radical (unpaired) electrons. The number of carbonyl (C=O) groups is 1. The third-order valence-electron chi connectivity index (χ3n) is 4.16. The highest BCUT2D eigenvalue weighted by Crippen LogP contribution is 2.45. The van der Waals surface area contributed by atoms with E-state index in [1.165, 1.54) is 11.1 Å². The highest BCUT2D eigenvalue weighted by atomic mass is 16.3. The van der Waals surface area contributed by atoms with Gasteiger partial charge in [0.05, 0.1) is 12.0 Å². The van der Waals surface area contributed by atoms with Crippen molar-refractivity contribution >= 4 is 5.91 Å². The SMILES string of the molecule is Cc1ccc(C(C)(C)CNC(=O)C2(CO)CC2)cc1. The zero-order valence-electron chi connectivity index (χ0n) is 12.0. The van der Waals surface area contributed by atoms with E-state index >= 15 is 0 Å². The fraction of sp³-hybridized carbons (Fsp3) is 0.562. The highest BCUT2D eigenvalue weighted by molar-refractivity contribution is 5.85. The first kappa shape index (κ1) is 14.1. The molecule has 104 valence electrons. The van der Waals surface area contributed by atoms with Crippen LogP contribution in [0.4, 0.5) is 0 Å². The lowest BCUT2D eigenvalue weighted by Crippen LogP contribution is -2.41. The molecule has 1 aliphatic carbocycles. The second-order valence-corrected chi connectivity index (χ2v) is 6.37. The third kappa shape index (κ3) is 2.98. The van der Waals surface area contributed by atoms with Crippen LogP contribution in [0.25, 0.3) is 0 Å². The van der Waals surface area contributed by atoms with Crippen molar-refractivity contribution in [2.45, 2.75) is 39.0 Å². The molecule has 0 aliphatic heterocycles. The van der Waals surface area contributed by atoms with Gasteiger partial charge in [-0.25, -0.2) is 0 Å². The number of aryl methyl sites for hydroxylation is 1. The number of nitrogens with one attached hydrogen (secondary N) is 1. The Morgan fingerprint density at radius 3 is 2.37 bits per heavy atom. The summed E-state index contributed by atoms with van der Waals surface area (Å²) in [6, 6.07) is 8.41. The lowest BCUT2D eigenvalue weighted by atomic mass is 9.84. The molecule has 0 atom stereocenters. The number of rotatable bonds is 5. The van der Waals surface area contributed by atoms with E-state index in [2.05, 4.69) is 50.4 Å². The van der Waals surface area contributed by atoms with Crippen molar-refractivity contribution in [1.82, 2.24) is 5.32 Å². The first-order valence-electron chi connectivity index (χ1n) is 6.86. The van der Waals surface area contributed by atoms with Crippen molar-refractivity contribution < 1.29 is 9.90 Å². The molecule has 0 aromatic heterocycles. The van der Waals surface area contributed by atoms with E-state index in [4.69, 9.17) is 0 Å². The summed E-state index contributed by atoms with van der Waals surface area (Å²) in [6.45, 7) is 6.87. The number of aliphatic hydroxyl groups is 1. The zero-order chi connectivity index (χ0) is 14.1. The lowest BCUT2D eigenvalue weighted by Gasteiger charge is -2.27. The van der Waals surface area contributed by atoms with Gasteiger partial charge in [0, 0.05) is 12.0 Å². The Kier molecular flexibility index (Phi) is 3.68. The minimum absolute atomic E-state index is 0.00446. The average Bonchev–Trinajstić information content (AvgIpc) is 3.17. The Bertz CT molecular complexity index is 458. The van der Waals surface area contributed by atoms with Crippen molar-refractivity contribution in [3.8, 4) is 0 Å². The second kappa shape index (κ2) is 4.97. The monoisotopic (exact) mass is 261 g/mol. The second-order valence-electron chi connectivity index (χ2n) is 6.37. The molecule has 1 amide bonds. The summed E-state index contributed by atoms with van der Waals surface area (Å²) in [5, 5.41) is 12.2. The van der Waals surface area contributed by atoms with Crippen molar-refractivity contribution in [2.24, 2.45) is 5.41 Å². The Balaban J connectivity index is 1.98. The van der Waals surface area contributed by atoms with E-state index in [1.54, 1.807) is 0 Å². The van der Waals surface area contributed by atoms with Gasteiger partial charge in [0.25, 0.3) is 0 Å². The maximum Gasteiger partial charge on any atom is 0.228 e. The Morgan fingerprint density at radius 1 is 1.32 bits per heavy atom. The fourth-order valence-electron chi connectivity index (χ4n) is 2.20. The smallest absolute Gasteiger partial charge is 0.228 e. The molecule has 1 fully saturated rings. The average molecular weight is 261 g/mol. The molecule has 2 N–H and O–H groups in total. The standard InChI is InChI=1S/C16H23NO2/c1-12-4-6-13(7-5-12)15(2,3)10-17-14(19)16(11-18)8-9-16/h4-7,18H,8-11H2,1-3H3,(H,17,19). The van der Waals surface area contributed by atoms with E-state index in [0.29, 0.717) is 6.54 Å². The molecule has 1 aromatic carbocycles. The van der Waals surface area contributed by atoms with Gasteiger partial charge in [-0.1, -0.05) is 43.7 Å². The van der Waals surface area contributed by atoms with Crippen LogP contribution in [0.5, 0.6) is 0 Å². The molecule has 0 heterocycles. The van der Waals surface area contributed by atoms with E-state index in [0.717, 1.165) is 12.8 Å². The van der Waals surface area contributed by atoms with Crippen LogP contribution in [0.3, 0.4) is 0 Å². The van der Waals surface area contributed by atoms with Crippen LogP contribution in [-0.4, -0.2) is 24.2 Å². The molecule has 0 bridgehead atoms. The summed E-state index contributed by atoms with van der Waals surface area (Å²) in [5.74, 6) is -0.00446. The molecule has 0 spiro atoms. The van der Waals surface area contributed by atoms with Crippen molar-refractivity contribution in [3.05, 3.63) is 35.4 Å². The summed E-state index contributed by atoms with van der Waals surface area (Å²) in [7, 11) is 0. The van der Waals surface area contributed by atoms with Crippen LogP contribution in [0.1, 0.15) is 37.8 Å². The molecule has 0 saturated heterocycles. The van der Waals surface area contributed by atoms with E-state index in [1.807, 2.05) is 0 Å². The number of hydrogen-bond acceptors (Lipinski definition) is 2. The molecule has 1 saturated carbocycles. The molecule has 3 heteroatoms. The van der Waals surface area contributed by atoms with Gasteiger partial charge in [-0.3, -0.25) is 4.79 Å². The van der Waals surface area contributed by atoms with Crippen LogP contribution in [0, 0.1) is 12.3 Å². The topological polar surface area (TPSA) is 49.3 Å². The number of carbonyl (C=O) groups excluding carboxylic acids is 1. The van der Waals surface area contributed by atoms with Crippen LogP contribution in [0.15, 0.2) is 24.3 Å². The molecule has 19 heavy (non-hydrogen) atoms. The molecule has 0 unspecified atom stereocenters. The van der Waals surface area contributed by atoms with Crippen molar-refractivity contribution in [3.63, 3.8) is 0 Å². The minimum atomic E-state index is -0.483. The Hall–Kier alpha value is -1.35. The normalized spacial score (nSPS) is 17.1. The van der Waals surface area contributed by atoms with E-state index in [-0.39, 0.29) is 17.9 Å². The first-order chi connectivity index (χ1) is 8.89. The molecule has 2 rings (SSSR count). The highest BCUT2D eigenvalue weighted by Gasteiger charge is 2.49. The predicted molar refractivity (Wildman–Crippen MR) is 76.0 cm³/mol. The molecular formula is C16H23NO2. The number of amides is 1. The van der Waals surface area contributed by atoms with Crippen LogP contribution < -0.4 is 5.32 Å². The largest absolute Gasteiger partial charge is 0.395 e. The summed E-state index contributed by atoms with van der Waals surface area (Å²) in [5.41, 5.74) is 1.87. The summed E-state index contributed by atoms with van der Waals surface area (Å²) >= 11 is 0. The van der Waals surface area contributed by atoms with Gasteiger partial charge >= 0.3 is 0 Å². The Morgan fingerprint density at radius 2 is 1.89 bits per heavy atom. The number of aliphatic hydroxyl groups excluding tert-OH is 1. The van der Waals surface area contributed by atoms with Gasteiger partial charge in [0.2, 0.25) is 5.91 Å². The maximum absolute atomic E-state index is 12.0. The van der Waals surface area contributed by atoms with Crippen LogP contribution in [0.2, 0.25) is 0 Å². The van der Waals surface area contributed by atoms with Gasteiger partial charge < -0.3 is 10.4 Å². The lowest BCUT2D eigenvalue weighted by molar-refractivity contribution is -0.127. The van der Waals surface area contributed by atoms with Crippen molar-refractivity contribution in [2.75, 3.05) is 13.2 Å². The van der Waals surface area contributed by atoms with Gasteiger partial charge in [0.1, 0.15) is 0 Å². The predicted octanol–water partition coefficient (Wildman–Crippen LogP) is 2.16. The van der Waals surface area contributed by atoms with Gasteiger partial charge in [0.15, 0.2) is 0 Å². The number of hydrogen-bond donors (Lipinski definition) is 2. The first-order valence-corrected chi connectivity index (χ1v) is 6.86. The van der Waals surface area contributed by atoms with Gasteiger partial charge in [-0.05, 0) is 25.3 Å². The van der Waals surface area contributed by atoms with Gasteiger partial charge in [-0.15, -0.1) is 0 Å². The molecule has 1 aromatic rings. The van der Waals surface area contributed by atoms with Gasteiger partial charge in [-0.2, -0.15) is 0 Å². The van der Waals surface area contributed by atoms with Crippen LogP contribution >= 0.6 is 0 Å². The summed E-state index contributed by atoms with van der Waals surface area (Å²) < 4.78 is 0. The Labute approximate surface area is 115 Å².